The molecule has 1 amide bonds. The Balaban J connectivity index is 1.59. The summed E-state index contributed by atoms with van der Waals surface area (Å²) in [4.78, 5) is 24.6. The molecule has 10 nitrogen and oxygen atoms in total. The SMILES string of the molecule is CN(C(=O)OC1CN(c2nc3nc(C#N)c(Cl)cc3n3cnnc23)C1)C(C)(C)C. The molecule has 11 heteroatoms. The molecule has 150 valence electrons. The van der Waals surface area contributed by atoms with Gasteiger partial charge >= 0.3 is 6.09 Å². The highest BCUT2D eigenvalue weighted by atomic mass is 35.5. The van der Waals surface area contributed by atoms with Crippen LogP contribution in [0.2, 0.25) is 5.02 Å². The second-order valence-corrected chi connectivity index (χ2v) is 8.28. The summed E-state index contributed by atoms with van der Waals surface area (Å²) in [7, 11) is 1.72. The number of rotatable bonds is 2. The van der Waals surface area contributed by atoms with E-state index in [1.165, 1.54) is 0 Å². The van der Waals surface area contributed by atoms with Gasteiger partial charge in [0.05, 0.1) is 23.6 Å². The van der Waals surface area contributed by atoms with E-state index in [2.05, 4.69) is 20.2 Å². The molecule has 4 heterocycles. The molecule has 1 aliphatic heterocycles. The zero-order valence-electron chi connectivity index (χ0n) is 16.4. The van der Waals surface area contributed by atoms with Crippen LogP contribution < -0.4 is 4.90 Å². The first-order chi connectivity index (χ1) is 13.7. The zero-order chi connectivity index (χ0) is 20.9. The highest BCUT2D eigenvalue weighted by molar-refractivity contribution is 6.32. The second-order valence-electron chi connectivity index (χ2n) is 7.87. The normalized spacial score (nSPS) is 14.7. The van der Waals surface area contributed by atoms with E-state index in [1.54, 1.807) is 28.7 Å². The number of amides is 1. The monoisotopic (exact) mass is 414 g/mol. The van der Waals surface area contributed by atoms with Crippen LogP contribution in [0.3, 0.4) is 0 Å². The largest absolute Gasteiger partial charge is 0.442 e. The van der Waals surface area contributed by atoms with Gasteiger partial charge in [0.2, 0.25) is 5.65 Å². The van der Waals surface area contributed by atoms with Crippen molar-refractivity contribution in [3.63, 3.8) is 0 Å². The molecular formula is C18H19ClN8O2. The lowest BCUT2D eigenvalue weighted by atomic mass is 10.1. The van der Waals surface area contributed by atoms with Gasteiger partial charge in [-0.15, -0.1) is 10.2 Å². The van der Waals surface area contributed by atoms with E-state index in [0.29, 0.717) is 35.7 Å². The predicted molar refractivity (Wildman–Crippen MR) is 106 cm³/mol. The number of halogens is 1. The van der Waals surface area contributed by atoms with Crippen LogP contribution in [-0.2, 0) is 4.74 Å². The maximum absolute atomic E-state index is 12.3. The third-order valence-corrected chi connectivity index (χ3v) is 5.24. The fourth-order valence-corrected chi connectivity index (χ4v) is 3.10. The molecule has 1 fully saturated rings. The number of aromatic nitrogens is 5. The number of carbonyl (C=O) groups is 1. The van der Waals surface area contributed by atoms with E-state index in [-0.39, 0.29) is 28.5 Å². The van der Waals surface area contributed by atoms with Gasteiger partial charge in [0.1, 0.15) is 18.5 Å². The number of pyridine rings is 1. The fourth-order valence-electron chi connectivity index (χ4n) is 2.91. The molecular weight excluding hydrogens is 396 g/mol. The van der Waals surface area contributed by atoms with Crippen molar-refractivity contribution in [2.75, 3.05) is 25.0 Å². The maximum Gasteiger partial charge on any atom is 0.410 e. The molecule has 0 atom stereocenters. The van der Waals surface area contributed by atoms with Crippen LogP contribution in [0.1, 0.15) is 26.5 Å². The quantitative estimate of drug-likeness (QED) is 0.627. The molecule has 1 saturated heterocycles. The molecule has 0 saturated carbocycles. The highest BCUT2D eigenvalue weighted by Crippen LogP contribution is 2.29. The minimum Gasteiger partial charge on any atom is -0.442 e. The Bertz CT molecular complexity index is 1160. The number of fused-ring (bicyclic) bond motifs is 3. The van der Waals surface area contributed by atoms with Gasteiger partial charge < -0.3 is 14.5 Å². The number of nitriles is 1. The molecule has 0 aliphatic carbocycles. The number of hydrogen-bond acceptors (Lipinski definition) is 8. The Morgan fingerprint density at radius 1 is 1.38 bits per heavy atom. The van der Waals surface area contributed by atoms with E-state index < -0.39 is 0 Å². The Hall–Kier alpha value is -3.19. The van der Waals surface area contributed by atoms with E-state index in [4.69, 9.17) is 16.3 Å². The smallest absolute Gasteiger partial charge is 0.410 e. The Kier molecular flexibility index (Phi) is 4.42. The van der Waals surface area contributed by atoms with Crippen molar-refractivity contribution < 1.29 is 9.53 Å². The summed E-state index contributed by atoms with van der Waals surface area (Å²) in [6.45, 7) is 6.78. The first kappa shape index (κ1) is 19.1. The van der Waals surface area contributed by atoms with Crippen molar-refractivity contribution in [1.29, 1.82) is 5.26 Å². The third kappa shape index (κ3) is 3.27. The summed E-state index contributed by atoms with van der Waals surface area (Å²) < 4.78 is 7.28. The van der Waals surface area contributed by atoms with Crippen molar-refractivity contribution >= 4 is 40.3 Å². The highest BCUT2D eigenvalue weighted by Gasteiger charge is 2.35. The number of ether oxygens (including phenoxy) is 1. The van der Waals surface area contributed by atoms with Gasteiger partial charge in [-0.25, -0.2) is 14.8 Å². The number of hydrogen-bond donors (Lipinski definition) is 0. The summed E-state index contributed by atoms with van der Waals surface area (Å²) in [6, 6.07) is 3.58. The van der Waals surface area contributed by atoms with Crippen molar-refractivity contribution in [3.05, 3.63) is 23.1 Å². The summed E-state index contributed by atoms with van der Waals surface area (Å²) in [6.07, 6.45) is 0.930. The number of carbonyl (C=O) groups excluding carboxylic acids is 1. The van der Waals surface area contributed by atoms with Crippen molar-refractivity contribution in [2.24, 2.45) is 0 Å². The summed E-state index contributed by atoms with van der Waals surface area (Å²) in [5, 5.41) is 17.5. The standard InChI is InChI=1S/C18H19ClN8O2/c1-18(2,3)25(4)17(28)29-10-7-26(8-10)15-16-24-21-9-27(16)13-5-11(19)12(6-20)22-14(13)23-15/h5,9-10H,7-8H2,1-4H3. The fraction of sp³-hybridized carbons (Fsp3) is 0.444. The summed E-state index contributed by atoms with van der Waals surface area (Å²) in [5.74, 6) is 0.560. The minimum atomic E-state index is -0.365. The second kappa shape index (κ2) is 6.70. The van der Waals surface area contributed by atoms with Crippen LogP contribution in [-0.4, -0.2) is 67.3 Å². The molecule has 0 spiro atoms. The van der Waals surface area contributed by atoms with Crippen LogP contribution in [0.15, 0.2) is 12.4 Å². The number of anilines is 1. The molecule has 0 unspecified atom stereocenters. The molecule has 0 bridgehead atoms. The summed E-state index contributed by atoms with van der Waals surface area (Å²) in [5.41, 5.74) is 1.29. The molecule has 0 radical (unpaired) electrons. The van der Waals surface area contributed by atoms with Crippen LogP contribution in [0.4, 0.5) is 10.6 Å². The Labute approximate surface area is 171 Å². The average molecular weight is 415 g/mol. The van der Waals surface area contributed by atoms with Gasteiger partial charge in [-0.2, -0.15) is 5.26 Å². The van der Waals surface area contributed by atoms with Crippen LogP contribution in [0, 0.1) is 11.3 Å². The lowest BCUT2D eigenvalue weighted by molar-refractivity contribution is 0.0365. The van der Waals surface area contributed by atoms with Gasteiger partial charge in [0, 0.05) is 12.6 Å². The van der Waals surface area contributed by atoms with Gasteiger partial charge in [-0.05, 0) is 26.8 Å². The molecule has 3 aromatic rings. The van der Waals surface area contributed by atoms with Crippen molar-refractivity contribution in [3.8, 4) is 6.07 Å². The Morgan fingerprint density at radius 2 is 2.10 bits per heavy atom. The summed E-state index contributed by atoms with van der Waals surface area (Å²) >= 11 is 6.11. The van der Waals surface area contributed by atoms with Crippen molar-refractivity contribution in [2.45, 2.75) is 32.4 Å². The van der Waals surface area contributed by atoms with Gasteiger partial charge in [0.25, 0.3) is 0 Å². The van der Waals surface area contributed by atoms with Gasteiger partial charge in [-0.1, -0.05) is 11.6 Å². The van der Waals surface area contributed by atoms with Crippen molar-refractivity contribution in [1.82, 2.24) is 29.5 Å². The molecule has 0 aromatic carbocycles. The van der Waals surface area contributed by atoms with Gasteiger partial charge in [0.15, 0.2) is 17.2 Å². The lowest BCUT2D eigenvalue weighted by Gasteiger charge is -2.41. The van der Waals surface area contributed by atoms with E-state index in [9.17, 15) is 10.1 Å². The zero-order valence-corrected chi connectivity index (χ0v) is 17.2. The van der Waals surface area contributed by atoms with Gasteiger partial charge in [-0.3, -0.25) is 4.40 Å². The van der Waals surface area contributed by atoms with Crippen LogP contribution in [0.25, 0.3) is 16.8 Å². The topological polar surface area (TPSA) is 113 Å². The molecule has 4 rings (SSSR count). The molecule has 1 aliphatic rings. The van der Waals surface area contributed by atoms with Crippen LogP contribution in [0.5, 0.6) is 0 Å². The van der Waals surface area contributed by atoms with E-state index in [1.807, 2.05) is 31.7 Å². The molecule has 29 heavy (non-hydrogen) atoms. The Morgan fingerprint density at radius 3 is 2.76 bits per heavy atom. The predicted octanol–water partition coefficient (Wildman–Crippen LogP) is 2.25. The molecule has 3 aromatic heterocycles. The molecule has 0 N–H and O–H groups in total. The first-order valence-electron chi connectivity index (χ1n) is 8.98. The minimum absolute atomic E-state index is 0.102. The van der Waals surface area contributed by atoms with Crippen LogP contribution >= 0.6 is 11.6 Å². The average Bonchev–Trinajstić information content (AvgIpc) is 3.12. The maximum atomic E-state index is 12.3. The number of nitrogens with zero attached hydrogens (tertiary/aromatic N) is 8. The van der Waals surface area contributed by atoms with E-state index >= 15 is 0 Å². The lowest BCUT2D eigenvalue weighted by Crippen LogP contribution is -2.55. The third-order valence-electron chi connectivity index (χ3n) is 4.96. The van der Waals surface area contributed by atoms with E-state index in [0.717, 1.165) is 0 Å². The first-order valence-corrected chi connectivity index (χ1v) is 9.36.